The molecule has 3 aromatic carbocycles. The van der Waals surface area contributed by atoms with Gasteiger partial charge in [-0.1, -0.05) is 48.9 Å². The molecule has 82 valence electrons. The molecule has 0 bridgehead atoms. The first kappa shape index (κ1) is 12.4. The topological polar surface area (TPSA) is 0 Å². The minimum absolute atomic E-state index is 0. The molecule has 3 rings (SSSR count). The van der Waals surface area contributed by atoms with Crippen LogP contribution in [0.25, 0.3) is 21.9 Å². The number of hydrogen-bond acceptors (Lipinski definition) is 0. The Balaban J connectivity index is 0.00000108. The van der Waals surface area contributed by atoms with Crippen LogP contribution in [0.2, 0.25) is 0 Å². The summed E-state index contributed by atoms with van der Waals surface area (Å²) in [4.78, 5) is 0. The molecule has 0 saturated carbocycles. The zero-order valence-electron chi connectivity index (χ0n) is 9.77. The van der Waals surface area contributed by atoms with E-state index in [2.05, 4.69) is 67.6 Å². The predicted octanol–water partition coefficient (Wildman–Crippen LogP) is 4.53. The van der Waals surface area contributed by atoms with Gasteiger partial charge in [0.15, 0.2) is 0 Å². The standard InChI is InChI=1S/C16H13.Hf/c1-12-10-14-8-5-9-15(16(14)11-12)13-6-3-2-4-7-13;/h2-11H,1H3;/q-1;. The van der Waals surface area contributed by atoms with Crippen LogP contribution < -0.4 is 0 Å². The van der Waals surface area contributed by atoms with Gasteiger partial charge in [0.05, 0.1) is 0 Å². The quantitative estimate of drug-likeness (QED) is 0.428. The number of fused-ring (bicyclic) bond motifs is 1. The van der Waals surface area contributed by atoms with Crippen molar-refractivity contribution in [2.75, 3.05) is 0 Å². The molecule has 1 heteroatoms. The van der Waals surface area contributed by atoms with Crippen LogP contribution in [0.1, 0.15) is 5.56 Å². The zero-order valence-corrected chi connectivity index (χ0v) is 13.4. The van der Waals surface area contributed by atoms with Crippen LogP contribution in [0, 0.1) is 6.92 Å². The van der Waals surface area contributed by atoms with Crippen LogP contribution in [-0.2, 0) is 25.8 Å². The Morgan fingerprint density at radius 3 is 2.41 bits per heavy atom. The molecule has 0 heterocycles. The van der Waals surface area contributed by atoms with Crippen LogP contribution in [0.4, 0.5) is 0 Å². The molecule has 0 atom stereocenters. The summed E-state index contributed by atoms with van der Waals surface area (Å²) in [5, 5.41) is 2.69. The first-order valence-electron chi connectivity index (χ1n) is 5.56. The smallest absolute Gasteiger partial charge is 0 e. The van der Waals surface area contributed by atoms with Crippen molar-refractivity contribution in [2.24, 2.45) is 0 Å². The minimum atomic E-state index is 0. The average Bonchev–Trinajstić information content (AvgIpc) is 2.70. The summed E-state index contributed by atoms with van der Waals surface area (Å²) in [6.45, 7) is 2.15. The number of hydrogen-bond donors (Lipinski definition) is 0. The maximum absolute atomic E-state index is 2.26. The molecular weight excluding hydrogens is 371 g/mol. The van der Waals surface area contributed by atoms with E-state index in [4.69, 9.17) is 0 Å². The summed E-state index contributed by atoms with van der Waals surface area (Å²) in [6.07, 6.45) is 0. The van der Waals surface area contributed by atoms with Crippen molar-refractivity contribution >= 4 is 10.8 Å². The van der Waals surface area contributed by atoms with Crippen molar-refractivity contribution in [1.29, 1.82) is 0 Å². The summed E-state index contributed by atoms with van der Waals surface area (Å²) < 4.78 is 0. The van der Waals surface area contributed by atoms with Crippen molar-refractivity contribution in [3.05, 3.63) is 66.2 Å². The van der Waals surface area contributed by atoms with Crippen LogP contribution in [-0.4, -0.2) is 0 Å². The summed E-state index contributed by atoms with van der Waals surface area (Å²) in [6, 6.07) is 21.6. The summed E-state index contributed by atoms with van der Waals surface area (Å²) >= 11 is 0. The van der Waals surface area contributed by atoms with E-state index in [0.717, 1.165) is 0 Å². The van der Waals surface area contributed by atoms with Gasteiger partial charge in [-0.25, -0.2) is 0 Å². The minimum Gasteiger partial charge on any atom is -0.165 e. The number of benzene rings is 2. The molecule has 0 aliphatic rings. The van der Waals surface area contributed by atoms with Crippen LogP contribution in [0.15, 0.2) is 60.7 Å². The molecule has 0 amide bonds. The van der Waals surface area contributed by atoms with E-state index in [-0.39, 0.29) is 25.8 Å². The maximum Gasteiger partial charge on any atom is 0 e. The van der Waals surface area contributed by atoms with Gasteiger partial charge >= 0.3 is 0 Å². The van der Waals surface area contributed by atoms with Crippen LogP contribution in [0.3, 0.4) is 0 Å². The molecule has 0 aliphatic carbocycles. The number of rotatable bonds is 1. The van der Waals surface area contributed by atoms with Gasteiger partial charge in [-0.05, 0) is 5.56 Å². The Labute approximate surface area is 120 Å². The van der Waals surface area contributed by atoms with Crippen molar-refractivity contribution < 1.29 is 25.8 Å². The molecule has 0 unspecified atom stereocenters. The molecule has 0 aromatic heterocycles. The largest absolute Gasteiger partial charge is 0.165 e. The Kier molecular flexibility index (Phi) is 3.68. The monoisotopic (exact) mass is 385 g/mol. The molecule has 0 nitrogen and oxygen atoms in total. The Morgan fingerprint density at radius 2 is 1.65 bits per heavy atom. The fourth-order valence-corrected chi connectivity index (χ4v) is 2.25. The zero-order chi connectivity index (χ0) is 11.0. The third-order valence-electron chi connectivity index (χ3n) is 2.98. The van der Waals surface area contributed by atoms with Gasteiger partial charge in [0.25, 0.3) is 0 Å². The van der Waals surface area contributed by atoms with E-state index in [1.54, 1.807) is 0 Å². The molecule has 0 aliphatic heterocycles. The predicted molar refractivity (Wildman–Crippen MR) is 69.7 cm³/mol. The Bertz CT molecular complexity index is 620. The third-order valence-corrected chi connectivity index (χ3v) is 2.98. The van der Waals surface area contributed by atoms with E-state index in [9.17, 15) is 0 Å². The first-order chi connectivity index (χ1) is 7.84. The van der Waals surface area contributed by atoms with Gasteiger partial charge in [-0.15, -0.1) is 34.5 Å². The second-order valence-corrected chi connectivity index (χ2v) is 4.21. The molecule has 0 saturated heterocycles. The fourth-order valence-electron chi connectivity index (χ4n) is 2.25. The molecule has 17 heavy (non-hydrogen) atoms. The van der Waals surface area contributed by atoms with Gasteiger partial charge in [0, 0.05) is 25.8 Å². The van der Waals surface area contributed by atoms with Crippen molar-refractivity contribution in [2.45, 2.75) is 6.92 Å². The van der Waals surface area contributed by atoms with Crippen LogP contribution >= 0.6 is 0 Å². The van der Waals surface area contributed by atoms with Crippen LogP contribution in [0.5, 0.6) is 0 Å². The van der Waals surface area contributed by atoms with Gasteiger partial charge < -0.3 is 0 Å². The van der Waals surface area contributed by atoms with Gasteiger partial charge in [-0.2, -0.15) is 6.07 Å². The molecule has 0 radical (unpaired) electrons. The van der Waals surface area contributed by atoms with Crippen molar-refractivity contribution in [3.8, 4) is 11.1 Å². The second-order valence-electron chi connectivity index (χ2n) is 4.21. The van der Waals surface area contributed by atoms with Crippen molar-refractivity contribution in [1.82, 2.24) is 0 Å². The summed E-state index contributed by atoms with van der Waals surface area (Å²) in [5.74, 6) is 0. The summed E-state index contributed by atoms with van der Waals surface area (Å²) in [7, 11) is 0. The van der Waals surface area contributed by atoms with E-state index in [1.165, 1.54) is 27.5 Å². The maximum atomic E-state index is 2.26. The van der Waals surface area contributed by atoms with Crippen molar-refractivity contribution in [3.63, 3.8) is 0 Å². The van der Waals surface area contributed by atoms with Gasteiger partial charge in [-0.3, -0.25) is 0 Å². The van der Waals surface area contributed by atoms with Gasteiger partial charge in [0.1, 0.15) is 0 Å². The van der Waals surface area contributed by atoms with E-state index < -0.39 is 0 Å². The Hall–Kier alpha value is -1.08. The molecule has 0 N–H and O–H groups in total. The average molecular weight is 384 g/mol. The summed E-state index contributed by atoms with van der Waals surface area (Å²) in [5.41, 5.74) is 3.95. The van der Waals surface area contributed by atoms with E-state index >= 15 is 0 Å². The first-order valence-corrected chi connectivity index (χ1v) is 5.56. The fraction of sp³-hybridized carbons (Fsp3) is 0.0625. The van der Waals surface area contributed by atoms with E-state index in [0.29, 0.717) is 0 Å². The van der Waals surface area contributed by atoms with Gasteiger partial charge in [0.2, 0.25) is 0 Å². The van der Waals surface area contributed by atoms with E-state index in [1.807, 2.05) is 0 Å². The Morgan fingerprint density at radius 1 is 0.882 bits per heavy atom. The SMILES string of the molecule is Cc1cc2c(-c3ccccc3)cccc2[cH-]1.[Hf]. The molecule has 0 spiro atoms. The second kappa shape index (κ2) is 5.05. The normalized spacial score (nSPS) is 10.2. The molecule has 3 aromatic rings. The molecular formula is C16H13Hf-. The molecule has 0 fully saturated rings. The third kappa shape index (κ3) is 2.30. The number of aryl methyl sites for hydroxylation is 1.